The van der Waals surface area contributed by atoms with Crippen molar-refractivity contribution < 1.29 is 9.53 Å². The van der Waals surface area contributed by atoms with E-state index in [2.05, 4.69) is 43.3 Å². The molecule has 70 valence electrons. The van der Waals surface area contributed by atoms with Crippen molar-refractivity contribution in [1.29, 1.82) is 0 Å². The number of methoxy groups -OCH3 is 1. The average molecular weight is 355 g/mol. The Kier molecular flexibility index (Phi) is 3.73. The number of halogens is 2. The Morgan fingerprint density at radius 3 is 2.62 bits per heavy atom. The highest BCUT2D eigenvalue weighted by Gasteiger charge is 2.09. The van der Waals surface area contributed by atoms with E-state index in [-0.39, 0.29) is 5.97 Å². The topological polar surface area (TPSA) is 26.3 Å². The number of hydrogen-bond acceptors (Lipinski definition) is 2. The molecular formula is C9H8BrIO2. The zero-order chi connectivity index (χ0) is 10.0. The van der Waals surface area contributed by atoms with Gasteiger partial charge in [-0.15, -0.1) is 0 Å². The fraction of sp³-hybridized carbons (Fsp3) is 0.222. The minimum atomic E-state index is -0.307. The summed E-state index contributed by atoms with van der Waals surface area (Å²) in [6.07, 6.45) is 0. The van der Waals surface area contributed by atoms with Gasteiger partial charge in [-0.25, -0.2) is 4.79 Å². The molecule has 0 amide bonds. The van der Waals surface area contributed by atoms with Gasteiger partial charge in [-0.1, -0.05) is 15.9 Å². The summed E-state index contributed by atoms with van der Waals surface area (Å²) in [6.45, 7) is 1.99. The SMILES string of the molecule is COC(=O)c1cc(Br)c(C)c(I)c1. The van der Waals surface area contributed by atoms with E-state index in [0.29, 0.717) is 5.56 Å². The molecule has 1 aromatic rings. The summed E-state index contributed by atoms with van der Waals surface area (Å²) in [5.41, 5.74) is 1.71. The molecule has 0 aliphatic carbocycles. The number of hydrogen-bond donors (Lipinski definition) is 0. The number of rotatable bonds is 1. The second-order valence-corrected chi connectivity index (χ2v) is 4.57. The predicted octanol–water partition coefficient (Wildman–Crippen LogP) is 3.15. The molecule has 0 atom stereocenters. The van der Waals surface area contributed by atoms with Crippen LogP contribution in [0.1, 0.15) is 15.9 Å². The maximum absolute atomic E-state index is 11.2. The van der Waals surface area contributed by atoms with Crippen molar-refractivity contribution >= 4 is 44.5 Å². The second kappa shape index (κ2) is 4.41. The largest absolute Gasteiger partial charge is 0.465 e. The summed E-state index contributed by atoms with van der Waals surface area (Å²) in [5, 5.41) is 0. The molecule has 1 aromatic carbocycles. The molecule has 13 heavy (non-hydrogen) atoms. The van der Waals surface area contributed by atoms with Gasteiger partial charge in [0, 0.05) is 8.04 Å². The second-order valence-electron chi connectivity index (χ2n) is 2.56. The third-order valence-corrected chi connectivity index (χ3v) is 3.65. The van der Waals surface area contributed by atoms with Crippen LogP contribution in [0.5, 0.6) is 0 Å². The van der Waals surface area contributed by atoms with Crippen LogP contribution >= 0.6 is 38.5 Å². The summed E-state index contributed by atoms with van der Waals surface area (Å²) in [5.74, 6) is -0.307. The molecule has 0 saturated heterocycles. The zero-order valence-corrected chi connectivity index (χ0v) is 11.0. The molecule has 0 aliphatic rings. The first kappa shape index (κ1) is 11.0. The quantitative estimate of drug-likeness (QED) is 0.572. The van der Waals surface area contributed by atoms with E-state index >= 15 is 0 Å². The third-order valence-electron chi connectivity index (χ3n) is 1.70. The third kappa shape index (κ3) is 2.43. The normalized spacial score (nSPS) is 9.85. The molecule has 0 fully saturated rings. The van der Waals surface area contributed by atoms with E-state index in [1.54, 1.807) is 6.07 Å². The Morgan fingerprint density at radius 2 is 2.15 bits per heavy atom. The van der Waals surface area contributed by atoms with Crippen LogP contribution in [0.3, 0.4) is 0 Å². The standard InChI is InChI=1S/C9H8BrIO2/c1-5-7(10)3-6(4-8(5)11)9(12)13-2/h3-4H,1-2H3. The Morgan fingerprint density at radius 1 is 1.54 bits per heavy atom. The van der Waals surface area contributed by atoms with E-state index in [0.717, 1.165) is 13.6 Å². The minimum absolute atomic E-state index is 0.307. The van der Waals surface area contributed by atoms with Crippen molar-refractivity contribution in [2.45, 2.75) is 6.92 Å². The molecule has 1 rings (SSSR count). The van der Waals surface area contributed by atoms with E-state index in [4.69, 9.17) is 0 Å². The molecule has 4 heteroatoms. The molecular weight excluding hydrogens is 347 g/mol. The van der Waals surface area contributed by atoms with Crippen LogP contribution < -0.4 is 0 Å². The lowest BCUT2D eigenvalue weighted by atomic mass is 10.1. The molecule has 0 unspecified atom stereocenters. The monoisotopic (exact) mass is 354 g/mol. The van der Waals surface area contributed by atoms with Gasteiger partial charge in [0.05, 0.1) is 12.7 Å². The van der Waals surface area contributed by atoms with Gasteiger partial charge < -0.3 is 4.74 Å². The number of ether oxygens (including phenoxy) is 1. The lowest BCUT2D eigenvalue weighted by Gasteiger charge is -2.04. The number of carbonyl (C=O) groups is 1. The van der Waals surface area contributed by atoms with Crippen molar-refractivity contribution in [1.82, 2.24) is 0 Å². The van der Waals surface area contributed by atoms with Gasteiger partial charge in [0.1, 0.15) is 0 Å². The first-order valence-corrected chi connectivity index (χ1v) is 5.47. The van der Waals surface area contributed by atoms with Crippen molar-refractivity contribution in [3.05, 3.63) is 31.3 Å². The van der Waals surface area contributed by atoms with Crippen LogP contribution in [-0.2, 0) is 4.74 Å². The van der Waals surface area contributed by atoms with Gasteiger partial charge in [0.25, 0.3) is 0 Å². The summed E-state index contributed by atoms with van der Waals surface area (Å²) >= 11 is 5.57. The minimum Gasteiger partial charge on any atom is -0.465 e. The van der Waals surface area contributed by atoms with Gasteiger partial charge in [-0.2, -0.15) is 0 Å². The van der Waals surface area contributed by atoms with Crippen LogP contribution in [0.15, 0.2) is 16.6 Å². The zero-order valence-electron chi connectivity index (χ0n) is 7.23. The Hall–Kier alpha value is -0.100. The highest BCUT2D eigenvalue weighted by Crippen LogP contribution is 2.23. The van der Waals surface area contributed by atoms with Gasteiger partial charge in [0.15, 0.2) is 0 Å². The Bertz CT molecular complexity index is 326. The van der Waals surface area contributed by atoms with Crippen LogP contribution in [0.2, 0.25) is 0 Å². The lowest BCUT2D eigenvalue weighted by Crippen LogP contribution is -2.02. The highest BCUT2D eigenvalue weighted by molar-refractivity contribution is 14.1. The maximum atomic E-state index is 11.2. The van der Waals surface area contributed by atoms with E-state index in [9.17, 15) is 4.79 Å². The Labute approximate surface area is 98.9 Å². The van der Waals surface area contributed by atoms with Gasteiger partial charge >= 0.3 is 5.97 Å². The van der Waals surface area contributed by atoms with Gasteiger partial charge in [0.2, 0.25) is 0 Å². The van der Waals surface area contributed by atoms with E-state index in [1.807, 2.05) is 13.0 Å². The van der Waals surface area contributed by atoms with E-state index in [1.165, 1.54) is 7.11 Å². The molecule has 2 nitrogen and oxygen atoms in total. The number of carbonyl (C=O) groups excluding carboxylic acids is 1. The van der Waals surface area contributed by atoms with Gasteiger partial charge in [-0.05, 0) is 47.2 Å². The van der Waals surface area contributed by atoms with Crippen molar-refractivity contribution in [3.8, 4) is 0 Å². The molecule has 0 aliphatic heterocycles. The highest BCUT2D eigenvalue weighted by atomic mass is 127. The van der Waals surface area contributed by atoms with Crippen molar-refractivity contribution in [2.24, 2.45) is 0 Å². The average Bonchev–Trinajstić information content (AvgIpc) is 2.12. The van der Waals surface area contributed by atoms with Crippen LogP contribution in [-0.4, -0.2) is 13.1 Å². The fourth-order valence-corrected chi connectivity index (χ4v) is 2.34. The molecule has 0 spiro atoms. The van der Waals surface area contributed by atoms with Crippen LogP contribution in [0, 0.1) is 10.5 Å². The lowest BCUT2D eigenvalue weighted by molar-refractivity contribution is 0.0600. The maximum Gasteiger partial charge on any atom is 0.337 e. The molecule has 0 heterocycles. The molecule has 0 N–H and O–H groups in total. The number of esters is 1. The first-order valence-electron chi connectivity index (χ1n) is 3.60. The van der Waals surface area contributed by atoms with Crippen molar-refractivity contribution in [3.63, 3.8) is 0 Å². The Balaban J connectivity index is 3.20. The van der Waals surface area contributed by atoms with E-state index < -0.39 is 0 Å². The smallest absolute Gasteiger partial charge is 0.337 e. The summed E-state index contributed by atoms with van der Waals surface area (Å²) in [6, 6.07) is 3.58. The molecule has 0 saturated carbocycles. The summed E-state index contributed by atoms with van der Waals surface area (Å²) in [4.78, 5) is 11.2. The van der Waals surface area contributed by atoms with Gasteiger partial charge in [-0.3, -0.25) is 0 Å². The first-order chi connectivity index (χ1) is 6.06. The summed E-state index contributed by atoms with van der Waals surface area (Å²) < 4.78 is 6.60. The fourth-order valence-electron chi connectivity index (χ4n) is 0.881. The molecule has 0 bridgehead atoms. The molecule has 0 radical (unpaired) electrons. The van der Waals surface area contributed by atoms with Crippen molar-refractivity contribution in [2.75, 3.05) is 7.11 Å². The van der Waals surface area contributed by atoms with Crippen LogP contribution in [0.25, 0.3) is 0 Å². The molecule has 0 aromatic heterocycles. The summed E-state index contributed by atoms with van der Waals surface area (Å²) in [7, 11) is 1.38. The van der Waals surface area contributed by atoms with Crippen LogP contribution in [0.4, 0.5) is 0 Å². The number of benzene rings is 1. The predicted molar refractivity (Wildman–Crippen MR) is 62.9 cm³/mol.